The van der Waals surface area contributed by atoms with Gasteiger partial charge < -0.3 is 9.64 Å². The summed E-state index contributed by atoms with van der Waals surface area (Å²) in [5, 5.41) is 0.770. The quantitative estimate of drug-likeness (QED) is 0.701. The zero-order valence-electron chi connectivity index (χ0n) is 16.3. The van der Waals surface area contributed by atoms with Crippen LogP contribution in [0.3, 0.4) is 0 Å². The van der Waals surface area contributed by atoms with Crippen LogP contribution in [0.2, 0.25) is 5.02 Å². The number of ether oxygens (including phenoxy) is 1. The predicted octanol–water partition coefficient (Wildman–Crippen LogP) is 5.10. The van der Waals surface area contributed by atoms with Gasteiger partial charge in [-0.15, -0.1) is 0 Å². The van der Waals surface area contributed by atoms with Crippen LogP contribution in [0, 0.1) is 5.41 Å². The molecule has 4 heteroatoms. The van der Waals surface area contributed by atoms with Gasteiger partial charge in [-0.3, -0.25) is 4.79 Å². The Morgan fingerprint density at radius 1 is 1.32 bits per heavy atom. The zero-order valence-corrected chi connectivity index (χ0v) is 17.0. The molecule has 1 amide bonds. The van der Waals surface area contributed by atoms with Crippen molar-refractivity contribution < 1.29 is 9.53 Å². The second-order valence-corrected chi connectivity index (χ2v) is 9.12. The Bertz CT molecular complexity index is 580. The lowest BCUT2D eigenvalue weighted by Gasteiger charge is -2.42. The van der Waals surface area contributed by atoms with Crippen molar-refractivity contribution in [3.05, 3.63) is 34.9 Å². The molecule has 0 radical (unpaired) electrons. The van der Waals surface area contributed by atoms with E-state index in [4.69, 9.17) is 16.3 Å². The molecule has 25 heavy (non-hydrogen) atoms. The van der Waals surface area contributed by atoms with Crippen LogP contribution in [0.5, 0.6) is 0 Å². The molecule has 1 unspecified atom stereocenters. The number of hydrogen-bond donors (Lipinski definition) is 0. The van der Waals surface area contributed by atoms with Crippen LogP contribution >= 0.6 is 11.6 Å². The average Bonchev–Trinajstić information content (AvgIpc) is 2.48. The summed E-state index contributed by atoms with van der Waals surface area (Å²) in [7, 11) is 0. The summed E-state index contributed by atoms with van der Waals surface area (Å²) in [6.07, 6.45) is 3.80. The lowest BCUT2D eigenvalue weighted by molar-refractivity contribution is -0.138. The summed E-state index contributed by atoms with van der Waals surface area (Å²) in [6.45, 7) is 12.0. The van der Waals surface area contributed by atoms with Gasteiger partial charge in [-0.1, -0.05) is 37.6 Å². The highest BCUT2D eigenvalue weighted by molar-refractivity contribution is 6.30. The van der Waals surface area contributed by atoms with Gasteiger partial charge in [0.25, 0.3) is 0 Å². The molecule has 3 nitrogen and oxygen atoms in total. The van der Waals surface area contributed by atoms with Crippen molar-refractivity contribution in [3.8, 4) is 0 Å². The molecule has 1 aliphatic rings. The molecule has 1 aliphatic heterocycles. The number of amides is 1. The smallest absolute Gasteiger partial charge is 0.219 e. The Kier molecular flexibility index (Phi) is 6.56. The van der Waals surface area contributed by atoms with E-state index in [0.29, 0.717) is 0 Å². The normalized spacial score (nSPS) is 20.3. The maximum Gasteiger partial charge on any atom is 0.219 e. The van der Waals surface area contributed by atoms with E-state index in [9.17, 15) is 4.79 Å². The van der Waals surface area contributed by atoms with Gasteiger partial charge in [0.15, 0.2) is 0 Å². The molecule has 1 atom stereocenters. The third-order valence-corrected chi connectivity index (χ3v) is 5.39. The highest BCUT2D eigenvalue weighted by Gasteiger charge is 2.34. The maximum atomic E-state index is 12.2. The minimum Gasteiger partial charge on any atom is -0.375 e. The molecule has 1 aromatic rings. The van der Waals surface area contributed by atoms with Gasteiger partial charge in [0.1, 0.15) is 0 Å². The summed E-state index contributed by atoms with van der Waals surface area (Å²) in [5.41, 5.74) is 1.27. The van der Waals surface area contributed by atoms with E-state index in [1.807, 2.05) is 12.1 Å². The molecule has 2 rings (SSSR count). The number of benzene rings is 1. The van der Waals surface area contributed by atoms with Crippen molar-refractivity contribution in [2.45, 2.75) is 71.9 Å². The number of hydrogen-bond acceptors (Lipinski definition) is 2. The van der Waals surface area contributed by atoms with E-state index in [-0.39, 0.29) is 23.0 Å². The summed E-state index contributed by atoms with van der Waals surface area (Å²) in [4.78, 5) is 14.3. The maximum absolute atomic E-state index is 12.2. The van der Waals surface area contributed by atoms with E-state index in [2.05, 4.69) is 44.7 Å². The van der Waals surface area contributed by atoms with Gasteiger partial charge in [0.05, 0.1) is 5.60 Å². The van der Waals surface area contributed by atoms with Crippen molar-refractivity contribution in [2.24, 2.45) is 5.41 Å². The van der Waals surface area contributed by atoms with Gasteiger partial charge in [-0.25, -0.2) is 0 Å². The molecule has 0 saturated carbocycles. The van der Waals surface area contributed by atoms with Crippen molar-refractivity contribution in [3.63, 3.8) is 0 Å². The molecule has 1 aromatic carbocycles. The summed E-state index contributed by atoms with van der Waals surface area (Å²) in [5.74, 6) is 0.171. The SMILES string of the molecule is CC(=O)N(CCC(C)(C)Cc1ccc(Cl)cc1)C1CCOC(C)(C)C1. The van der Waals surface area contributed by atoms with Crippen LogP contribution < -0.4 is 0 Å². The lowest BCUT2D eigenvalue weighted by atomic mass is 9.82. The molecular formula is C21H32ClNO2. The Hall–Kier alpha value is -1.06. The number of carbonyl (C=O) groups is 1. The van der Waals surface area contributed by atoms with E-state index >= 15 is 0 Å². The van der Waals surface area contributed by atoms with Crippen LogP contribution in [0.15, 0.2) is 24.3 Å². The number of rotatable bonds is 6. The fourth-order valence-electron chi connectivity index (χ4n) is 3.73. The van der Waals surface area contributed by atoms with E-state index in [1.165, 1.54) is 5.56 Å². The standard InChI is InChI=1S/C21H32ClNO2/c1-16(24)23(19-10-13-25-21(4,5)15-19)12-11-20(2,3)14-17-6-8-18(22)9-7-17/h6-9,19H,10-15H2,1-5H3. The fourth-order valence-corrected chi connectivity index (χ4v) is 3.86. The van der Waals surface area contributed by atoms with Gasteiger partial charge in [0.2, 0.25) is 5.91 Å². The van der Waals surface area contributed by atoms with Crippen LogP contribution in [0.4, 0.5) is 0 Å². The molecule has 140 valence electrons. The highest BCUT2D eigenvalue weighted by atomic mass is 35.5. The summed E-state index contributed by atoms with van der Waals surface area (Å²) in [6, 6.07) is 8.35. The van der Waals surface area contributed by atoms with Crippen molar-refractivity contribution in [2.75, 3.05) is 13.2 Å². The second-order valence-electron chi connectivity index (χ2n) is 8.68. The number of nitrogens with zero attached hydrogens (tertiary/aromatic N) is 1. The molecule has 1 saturated heterocycles. The first-order valence-electron chi connectivity index (χ1n) is 9.24. The first-order valence-corrected chi connectivity index (χ1v) is 9.61. The molecule has 0 bridgehead atoms. The van der Waals surface area contributed by atoms with E-state index < -0.39 is 0 Å². The van der Waals surface area contributed by atoms with Crippen LogP contribution in [0.1, 0.15) is 59.4 Å². The number of halogens is 1. The van der Waals surface area contributed by atoms with E-state index in [1.54, 1.807) is 6.92 Å². The summed E-state index contributed by atoms with van der Waals surface area (Å²) >= 11 is 5.98. The molecular weight excluding hydrogens is 334 g/mol. The average molecular weight is 366 g/mol. The fraction of sp³-hybridized carbons (Fsp3) is 0.667. The second kappa shape index (κ2) is 8.09. The lowest BCUT2D eigenvalue weighted by Crippen LogP contribution is -2.48. The minimum absolute atomic E-state index is 0.127. The molecule has 0 N–H and O–H groups in total. The van der Waals surface area contributed by atoms with Gasteiger partial charge in [0, 0.05) is 31.1 Å². The Balaban J connectivity index is 1.97. The predicted molar refractivity (Wildman–Crippen MR) is 104 cm³/mol. The first kappa shape index (κ1) is 20.3. The molecule has 0 spiro atoms. The van der Waals surface area contributed by atoms with E-state index in [0.717, 1.165) is 43.9 Å². The molecule has 0 aromatic heterocycles. The Labute approximate surface area is 157 Å². The first-order chi connectivity index (χ1) is 11.6. The van der Waals surface area contributed by atoms with Crippen LogP contribution in [-0.4, -0.2) is 35.6 Å². The topological polar surface area (TPSA) is 29.5 Å². The van der Waals surface area contributed by atoms with Crippen LogP contribution in [0.25, 0.3) is 0 Å². The molecule has 0 aliphatic carbocycles. The minimum atomic E-state index is -0.143. The largest absolute Gasteiger partial charge is 0.375 e. The summed E-state index contributed by atoms with van der Waals surface area (Å²) < 4.78 is 5.81. The third-order valence-electron chi connectivity index (χ3n) is 5.14. The van der Waals surface area contributed by atoms with Crippen molar-refractivity contribution in [1.82, 2.24) is 4.90 Å². The monoisotopic (exact) mass is 365 g/mol. The highest BCUT2D eigenvalue weighted by Crippen LogP contribution is 2.31. The van der Waals surface area contributed by atoms with Crippen molar-refractivity contribution >= 4 is 17.5 Å². The Morgan fingerprint density at radius 3 is 2.52 bits per heavy atom. The number of carbonyl (C=O) groups excluding carboxylic acids is 1. The van der Waals surface area contributed by atoms with Gasteiger partial charge in [-0.05, 0) is 62.6 Å². The van der Waals surface area contributed by atoms with Crippen LogP contribution in [-0.2, 0) is 16.0 Å². The molecule has 1 fully saturated rings. The Morgan fingerprint density at radius 2 is 1.96 bits per heavy atom. The van der Waals surface area contributed by atoms with Gasteiger partial charge in [-0.2, -0.15) is 0 Å². The zero-order chi connectivity index (χ0) is 18.7. The third kappa shape index (κ3) is 6.31. The van der Waals surface area contributed by atoms with Crippen molar-refractivity contribution in [1.29, 1.82) is 0 Å². The molecule has 1 heterocycles. The van der Waals surface area contributed by atoms with Gasteiger partial charge >= 0.3 is 0 Å².